The van der Waals surface area contributed by atoms with Crippen molar-refractivity contribution in [1.29, 1.82) is 0 Å². The highest BCUT2D eigenvalue weighted by atomic mass is 32.2. The van der Waals surface area contributed by atoms with Crippen LogP contribution >= 0.6 is 11.8 Å². The van der Waals surface area contributed by atoms with Crippen LogP contribution in [0.4, 0.5) is 0 Å². The van der Waals surface area contributed by atoms with E-state index in [1.807, 2.05) is 0 Å². The van der Waals surface area contributed by atoms with Crippen molar-refractivity contribution in [2.75, 3.05) is 12.3 Å². The SMILES string of the molecule is NC(=NO)C1CCCN1C(=O)C1CCCCS1. The molecule has 2 atom stereocenters. The average molecular weight is 257 g/mol. The van der Waals surface area contributed by atoms with E-state index in [2.05, 4.69) is 5.16 Å². The molecule has 0 radical (unpaired) electrons. The number of thioether (sulfide) groups is 1. The Bertz CT molecular complexity index is 316. The molecule has 1 amide bonds. The molecule has 0 bridgehead atoms. The van der Waals surface area contributed by atoms with E-state index in [4.69, 9.17) is 10.9 Å². The smallest absolute Gasteiger partial charge is 0.236 e. The largest absolute Gasteiger partial charge is 0.409 e. The summed E-state index contributed by atoms with van der Waals surface area (Å²) in [5.41, 5.74) is 5.64. The number of nitrogens with zero attached hydrogens (tertiary/aromatic N) is 2. The number of amides is 1. The molecule has 0 saturated carbocycles. The molecule has 2 aliphatic rings. The van der Waals surface area contributed by atoms with Gasteiger partial charge in [0.15, 0.2) is 5.84 Å². The molecule has 0 aromatic rings. The van der Waals surface area contributed by atoms with Crippen LogP contribution in [-0.2, 0) is 4.79 Å². The van der Waals surface area contributed by atoms with Gasteiger partial charge < -0.3 is 15.8 Å². The molecule has 2 saturated heterocycles. The molecular weight excluding hydrogens is 238 g/mol. The van der Waals surface area contributed by atoms with Crippen LogP contribution in [-0.4, -0.2) is 45.4 Å². The van der Waals surface area contributed by atoms with Gasteiger partial charge in [-0.1, -0.05) is 11.6 Å². The van der Waals surface area contributed by atoms with E-state index in [-0.39, 0.29) is 23.0 Å². The minimum absolute atomic E-state index is 0.0795. The fourth-order valence-corrected chi connectivity index (χ4v) is 3.79. The van der Waals surface area contributed by atoms with Crippen LogP contribution in [0.3, 0.4) is 0 Å². The number of carbonyl (C=O) groups is 1. The van der Waals surface area contributed by atoms with Gasteiger partial charge in [0, 0.05) is 6.54 Å². The van der Waals surface area contributed by atoms with Gasteiger partial charge in [-0.2, -0.15) is 0 Å². The Kier molecular flexibility index (Phi) is 4.15. The second-order valence-corrected chi connectivity index (χ2v) is 5.88. The third-order valence-corrected chi connectivity index (χ3v) is 4.81. The van der Waals surface area contributed by atoms with Crippen LogP contribution in [0.2, 0.25) is 0 Å². The molecule has 2 heterocycles. The van der Waals surface area contributed by atoms with Crippen LogP contribution < -0.4 is 5.73 Å². The van der Waals surface area contributed by atoms with E-state index in [1.165, 1.54) is 6.42 Å². The fourth-order valence-electron chi connectivity index (χ4n) is 2.53. The van der Waals surface area contributed by atoms with Crippen molar-refractivity contribution >= 4 is 23.5 Å². The Morgan fingerprint density at radius 1 is 1.35 bits per heavy atom. The van der Waals surface area contributed by atoms with E-state index in [0.29, 0.717) is 0 Å². The Morgan fingerprint density at radius 3 is 2.82 bits per heavy atom. The molecule has 0 aromatic carbocycles. The van der Waals surface area contributed by atoms with Crippen LogP contribution in [0.5, 0.6) is 0 Å². The van der Waals surface area contributed by atoms with Gasteiger partial charge in [-0.25, -0.2) is 0 Å². The van der Waals surface area contributed by atoms with E-state index in [9.17, 15) is 4.79 Å². The summed E-state index contributed by atoms with van der Waals surface area (Å²) in [5.74, 6) is 1.40. The van der Waals surface area contributed by atoms with E-state index >= 15 is 0 Å². The molecule has 2 fully saturated rings. The third-order valence-electron chi connectivity index (χ3n) is 3.45. The second kappa shape index (κ2) is 5.62. The maximum absolute atomic E-state index is 12.3. The summed E-state index contributed by atoms with van der Waals surface area (Å²) in [6, 6.07) is -0.199. The minimum atomic E-state index is -0.199. The van der Waals surface area contributed by atoms with Gasteiger partial charge in [0.05, 0.1) is 11.3 Å². The monoisotopic (exact) mass is 257 g/mol. The lowest BCUT2D eigenvalue weighted by molar-refractivity contribution is -0.130. The molecule has 2 aliphatic heterocycles. The number of amidine groups is 1. The van der Waals surface area contributed by atoms with Crippen LogP contribution in [0.25, 0.3) is 0 Å². The second-order valence-electron chi connectivity index (χ2n) is 4.57. The lowest BCUT2D eigenvalue weighted by Gasteiger charge is -2.29. The lowest BCUT2D eigenvalue weighted by Crippen LogP contribution is -2.47. The van der Waals surface area contributed by atoms with Gasteiger partial charge >= 0.3 is 0 Å². The first kappa shape index (κ1) is 12.5. The average Bonchev–Trinajstić information content (AvgIpc) is 2.87. The van der Waals surface area contributed by atoms with Gasteiger partial charge in [0.25, 0.3) is 0 Å². The Labute approximate surface area is 105 Å². The maximum Gasteiger partial charge on any atom is 0.236 e. The molecule has 0 spiro atoms. The predicted molar refractivity (Wildman–Crippen MR) is 68.2 cm³/mol. The number of likely N-dealkylation sites (tertiary alicyclic amines) is 1. The van der Waals surface area contributed by atoms with E-state index < -0.39 is 0 Å². The van der Waals surface area contributed by atoms with Gasteiger partial charge in [-0.05, 0) is 31.4 Å². The van der Waals surface area contributed by atoms with Gasteiger partial charge in [0.1, 0.15) is 0 Å². The molecule has 6 heteroatoms. The summed E-state index contributed by atoms with van der Waals surface area (Å²) in [5, 5.41) is 11.8. The first-order chi connectivity index (χ1) is 8.24. The molecule has 3 N–H and O–H groups in total. The summed E-state index contributed by atoms with van der Waals surface area (Å²) < 4.78 is 0. The quantitative estimate of drug-likeness (QED) is 0.335. The number of nitrogens with two attached hydrogens (primary N) is 1. The molecule has 2 rings (SSSR count). The highest BCUT2D eigenvalue weighted by molar-refractivity contribution is 8.00. The molecular formula is C11H19N3O2S. The van der Waals surface area contributed by atoms with Gasteiger partial charge in [-0.3, -0.25) is 4.79 Å². The Morgan fingerprint density at radius 2 is 2.18 bits per heavy atom. The van der Waals surface area contributed by atoms with Crippen molar-refractivity contribution in [2.45, 2.75) is 43.4 Å². The number of carbonyl (C=O) groups excluding carboxylic acids is 1. The zero-order valence-electron chi connectivity index (χ0n) is 9.84. The maximum atomic E-state index is 12.3. The number of hydrogen-bond acceptors (Lipinski definition) is 4. The number of oxime groups is 1. The van der Waals surface area contributed by atoms with Crippen LogP contribution in [0.15, 0.2) is 5.16 Å². The van der Waals surface area contributed by atoms with Crippen molar-refractivity contribution < 1.29 is 10.0 Å². The highest BCUT2D eigenvalue weighted by Gasteiger charge is 2.35. The first-order valence-corrected chi connectivity index (χ1v) is 7.18. The summed E-state index contributed by atoms with van der Waals surface area (Å²) in [7, 11) is 0. The summed E-state index contributed by atoms with van der Waals surface area (Å²) in [6.45, 7) is 0.733. The highest BCUT2D eigenvalue weighted by Crippen LogP contribution is 2.29. The third kappa shape index (κ3) is 2.68. The molecule has 17 heavy (non-hydrogen) atoms. The van der Waals surface area contributed by atoms with Crippen molar-refractivity contribution in [3.8, 4) is 0 Å². The Balaban J connectivity index is 2.02. The fraction of sp³-hybridized carbons (Fsp3) is 0.818. The summed E-state index contributed by atoms with van der Waals surface area (Å²) >= 11 is 1.75. The number of hydrogen-bond donors (Lipinski definition) is 2. The zero-order valence-corrected chi connectivity index (χ0v) is 10.7. The standard InChI is InChI=1S/C11H19N3O2S/c12-10(13-16)8-4-3-6-14(8)11(15)9-5-1-2-7-17-9/h8-9,16H,1-7H2,(H2,12,13). The zero-order chi connectivity index (χ0) is 12.3. The molecule has 5 nitrogen and oxygen atoms in total. The molecule has 0 aliphatic carbocycles. The minimum Gasteiger partial charge on any atom is -0.409 e. The molecule has 0 aromatic heterocycles. The van der Waals surface area contributed by atoms with Crippen molar-refractivity contribution in [1.82, 2.24) is 4.90 Å². The summed E-state index contributed by atoms with van der Waals surface area (Å²) in [4.78, 5) is 14.1. The normalized spacial score (nSPS) is 30.6. The van der Waals surface area contributed by atoms with E-state index in [1.54, 1.807) is 16.7 Å². The van der Waals surface area contributed by atoms with Gasteiger partial charge in [0.2, 0.25) is 5.91 Å². The molecule has 96 valence electrons. The number of rotatable bonds is 2. The topological polar surface area (TPSA) is 78.9 Å². The lowest BCUT2D eigenvalue weighted by atomic mass is 10.1. The van der Waals surface area contributed by atoms with Crippen molar-refractivity contribution in [3.63, 3.8) is 0 Å². The van der Waals surface area contributed by atoms with Crippen molar-refractivity contribution in [2.24, 2.45) is 10.9 Å². The van der Waals surface area contributed by atoms with Crippen LogP contribution in [0.1, 0.15) is 32.1 Å². The van der Waals surface area contributed by atoms with Crippen molar-refractivity contribution in [3.05, 3.63) is 0 Å². The summed E-state index contributed by atoms with van der Waals surface area (Å²) in [6.07, 6.45) is 5.04. The van der Waals surface area contributed by atoms with E-state index in [0.717, 1.165) is 38.0 Å². The van der Waals surface area contributed by atoms with Gasteiger partial charge in [-0.15, -0.1) is 11.8 Å². The molecule has 2 unspecified atom stereocenters. The Hall–Kier alpha value is -0.910. The van der Waals surface area contributed by atoms with Crippen LogP contribution in [0, 0.1) is 0 Å². The predicted octanol–water partition coefficient (Wildman–Crippen LogP) is 1.01. The first-order valence-electron chi connectivity index (χ1n) is 6.13.